The van der Waals surface area contributed by atoms with E-state index in [2.05, 4.69) is 5.10 Å². The van der Waals surface area contributed by atoms with Crippen LogP contribution in [0.25, 0.3) is 16.6 Å². The summed E-state index contributed by atoms with van der Waals surface area (Å²) in [6.07, 6.45) is -2.42. The van der Waals surface area contributed by atoms with Crippen molar-refractivity contribution in [2.75, 3.05) is 6.26 Å². The predicted octanol–water partition coefficient (Wildman–Crippen LogP) is 3.08. The van der Waals surface area contributed by atoms with E-state index in [1.165, 1.54) is 25.3 Å². The molecule has 0 unspecified atom stereocenters. The van der Waals surface area contributed by atoms with Gasteiger partial charge in [0.05, 0.1) is 4.88 Å². The number of hydrogen-bond donors (Lipinski definition) is 0. The topological polar surface area (TPSA) is 75.8 Å². The number of nitriles is 1. The number of rotatable bonds is 3. The van der Waals surface area contributed by atoms with Crippen LogP contribution in [0.4, 0.5) is 13.2 Å². The van der Waals surface area contributed by atoms with Crippen molar-refractivity contribution in [3.05, 3.63) is 33.7 Å². The smallest absolute Gasteiger partial charge is 0.263 e. The summed E-state index contributed by atoms with van der Waals surface area (Å²) >= 11 is 1.04. The SMILES string of the molecule is Cn1nc(-c2ccc(C=C(C#N)S(C)(=O)=O)s2)cc1C(F)(F)F. The van der Waals surface area contributed by atoms with E-state index in [-0.39, 0.29) is 5.69 Å². The second-order valence-corrected chi connectivity index (χ2v) is 7.73. The van der Waals surface area contributed by atoms with E-state index >= 15 is 0 Å². The van der Waals surface area contributed by atoms with Gasteiger partial charge in [-0.2, -0.15) is 23.5 Å². The van der Waals surface area contributed by atoms with E-state index in [9.17, 15) is 21.6 Å². The van der Waals surface area contributed by atoms with Gasteiger partial charge in [-0.3, -0.25) is 4.68 Å². The number of sulfone groups is 1. The van der Waals surface area contributed by atoms with Gasteiger partial charge in [0.25, 0.3) is 0 Å². The van der Waals surface area contributed by atoms with Crippen LogP contribution in [0, 0.1) is 11.3 Å². The van der Waals surface area contributed by atoms with Crippen molar-refractivity contribution < 1.29 is 21.6 Å². The van der Waals surface area contributed by atoms with Crippen molar-refractivity contribution in [1.82, 2.24) is 9.78 Å². The molecule has 0 saturated heterocycles. The first kappa shape index (κ1) is 17.2. The zero-order valence-corrected chi connectivity index (χ0v) is 13.6. The van der Waals surface area contributed by atoms with E-state index in [1.807, 2.05) is 0 Å². The number of allylic oxidation sites excluding steroid dienone is 1. The van der Waals surface area contributed by atoms with Gasteiger partial charge in [-0.25, -0.2) is 8.42 Å². The van der Waals surface area contributed by atoms with E-state index < -0.39 is 26.6 Å². The number of aryl methyl sites for hydroxylation is 1. The minimum atomic E-state index is -4.51. The zero-order chi connectivity index (χ0) is 17.4. The van der Waals surface area contributed by atoms with Gasteiger partial charge >= 0.3 is 6.18 Å². The summed E-state index contributed by atoms with van der Waals surface area (Å²) in [5.74, 6) is 0. The van der Waals surface area contributed by atoms with Gasteiger partial charge in [0, 0.05) is 18.2 Å². The highest BCUT2D eigenvalue weighted by Crippen LogP contribution is 2.34. The first-order valence-corrected chi connectivity index (χ1v) is 8.76. The number of halogens is 3. The minimum absolute atomic E-state index is 0.127. The number of thiophene rings is 1. The maximum Gasteiger partial charge on any atom is 0.433 e. The highest BCUT2D eigenvalue weighted by molar-refractivity contribution is 7.95. The van der Waals surface area contributed by atoms with Gasteiger partial charge in [0.2, 0.25) is 0 Å². The van der Waals surface area contributed by atoms with E-state index in [1.54, 1.807) is 6.07 Å². The largest absolute Gasteiger partial charge is 0.433 e. The monoisotopic (exact) mass is 361 g/mol. The Morgan fingerprint density at radius 1 is 1.43 bits per heavy atom. The molecule has 0 bridgehead atoms. The van der Waals surface area contributed by atoms with Crippen molar-refractivity contribution >= 4 is 27.3 Å². The Kier molecular flexibility index (Phi) is 4.37. The summed E-state index contributed by atoms with van der Waals surface area (Å²) in [7, 11) is -2.46. The van der Waals surface area contributed by atoms with Gasteiger partial charge in [0.1, 0.15) is 22.4 Å². The molecule has 0 aromatic carbocycles. The molecule has 5 nitrogen and oxygen atoms in total. The molecule has 0 aliphatic rings. The quantitative estimate of drug-likeness (QED) is 0.788. The second kappa shape index (κ2) is 5.82. The Morgan fingerprint density at radius 2 is 2.09 bits per heavy atom. The van der Waals surface area contributed by atoms with Crippen LogP contribution in [0.5, 0.6) is 0 Å². The second-order valence-electron chi connectivity index (χ2n) is 4.63. The molecule has 2 aromatic heterocycles. The number of hydrogen-bond acceptors (Lipinski definition) is 5. The van der Waals surface area contributed by atoms with Crippen LogP contribution in [0.1, 0.15) is 10.6 Å². The Balaban J connectivity index is 2.42. The number of nitrogens with zero attached hydrogens (tertiary/aromatic N) is 3. The third-order valence-corrected chi connectivity index (χ3v) is 4.90. The Morgan fingerprint density at radius 3 is 2.57 bits per heavy atom. The van der Waals surface area contributed by atoms with Crippen LogP contribution in [-0.2, 0) is 23.1 Å². The molecule has 0 aliphatic heterocycles. The lowest BCUT2D eigenvalue weighted by Crippen LogP contribution is -2.11. The molecule has 122 valence electrons. The van der Waals surface area contributed by atoms with Gasteiger partial charge in [-0.15, -0.1) is 11.3 Å². The van der Waals surface area contributed by atoms with Crippen molar-refractivity contribution in [3.8, 4) is 16.6 Å². The first-order chi connectivity index (χ1) is 10.5. The molecule has 0 spiro atoms. The summed E-state index contributed by atoms with van der Waals surface area (Å²) < 4.78 is 61.8. The van der Waals surface area contributed by atoms with E-state index in [4.69, 9.17) is 5.26 Å². The van der Waals surface area contributed by atoms with Gasteiger partial charge < -0.3 is 0 Å². The summed E-state index contributed by atoms with van der Waals surface area (Å²) in [5.41, 5.74) is -0.755. The lowest BCUT2D eigenvalue weighted by Gasteiger charge is -2.04. The van der Waals surface area contributed by atoms with Crippen LogP contribution in [0.2, 0.25) is 0 Å². The summed E-state index contributed by atoms with van der Waals surface area (Å²) in [6, 6.07) is 5.54. The highest BCUT2D eigenvalue weighted by Gasteiger charge is 2.35. The van der Waals surface area contributed by atoms with Crippen LogP contribution < -0.4 is 0 Å². The van der Waals surface area contributed by atoms with Gasteiger partial charge in [-0.1, -0.05) is 0 Å². The normalized spacial score (nSPS) is 13.1. The molecule has 0 N–H and O–H groups in total. The zero-order valence-electron chi connectivity index (χ0n) is 11.9. The first-order valence-electron chi connectivity index (χ1n) is 6.05. The third kappa shape index (κ3) is 3.80. The van der Waals surface area contributed by atoms with Crippen LogP contribution in [0.3, 0.4) is 0 Å². The molecule has 10 heteroatoms. The summed E-state index contributed by atoms with van der Waals surface area (Å²) in [4.78, 5) is 0.456. The fourth-order valence-corrected chi connectivity index (χ4v) is 3.26. The molecule has 2 aromatic rings. The molecule has 0 radical (unpaired) electrons. The molecule has 2 rings (SSSR count). The maximum absolute atomic E-state index is 12.8. The lowest BCUT2D eigenvalue weighted by molar-refractivity contribution is -0.143. The van der Waals surface area contributed by atoms with Crippen molar-refractivity contribution in [2.45, 2.75) is 6.18 Å². The van der Waals surface area contributed by atoms with Crippen molar-refractivity contribution in [3.63, 3.8) is 0 Å². The molecular weight excluding hydrogens is 351 g/mol. The molecule has 23 heavy (non-hydrogen) atoms. The molecule has 0 atom stereocenters. The van der Waals surface area contributed by atoms with Gasteiger partial charge in [0.15, 0.2) is 9.84 Å². The summed E-state index contributed by atoms with van der Waals surface area (Å²) in [6.45, 7) is 0. The highest BCUT2D eigenvalue weighted by atomic mass is 32.2. The van der Waals surface area contributed by atoms with E-state index in [0.29, 0.717) is 9.75 Å². The molecular formula is C13H10F3N3O2S2. The van der Waals surface area contributed by atoms with Crippen LogP contribution >= 0.6 is 11.3 Å². The summed E-state index contributed by atoms with van der Waals surface area (Å²) in [5, 5.41) is 12.7. The standard InChI is InChI=1S/C13H10F3N3O2S2/c1-19-12(13(14,15)16)6-10(18-19)11-4-3-8(22-11)5-9(7-17)23(2,20)21/h3-6H,1-2H3. The van der Waals surface area contributed by atoms with Crippen molar-refractivity contribution in [2.24, 2.45) is 7.05 Å². The molecule has 0 aliphatic carbocycles. The Hall–Kier alpha value is -2.12. The predicted molar refractivity (Wildman–Crippen MR) is 80.0 cm³/mol. The third-order valence-electron chi connectivity index (χ3n) is 2.83. The van der Waals surface area contributed by atoms with Gasteiger partial charge in [-0.05, 0) is 24.3 Å². The number of alkyl halides is 3. The maximum atomic E-state index is 12.8. The Bertz CT molecular complexity index is 915. The fraction of sp³-hybridized carbons (Fsp3) is 0.231. The molecule has 0 saturated carbocycles. The average Bonchev–Trinajstić information content (AvgIpc) is 2.99. The number of aromatic nitrogens is 2. The molecule has 0 amide bonds. The lowest BCUT2D eigenvalue weighted by atomic mass is 10.3. The average molecular weight is 361 g/mol. The fourth-order valence-electron chi connectivity index (χ4n) is 1.77. The Labute approximate surface area is 134 Å². The minimum Gasteiger partial charge on any atom is -0.263 e. The van der Waals surface area contributed by atoms with Crippen LogP contribution in [0.15, 0.2) is 23.1 Å². The van der Waals surface area contributed by atoms with E-state index in [0.717, 1.165) is 28.3 Å². The molecule has 0 fully saturated rings. The van der Waals surface area contributed by atoms with Crippen molar-refractivity contribution in [1.29, 1.82) is 5.26 Å². The van der Waals surface area contributed by atoms with Crippen LogP contribution in [-0.4, -0.2) is 24.5 Å². The molecule has 2 heterocycles.